The number of hydrogen-bond donors (Lipinski definition) is 1. The van der Waals surface area contributed by atoms with E-state index in [0.717, 1.165) is 19.7 Å². The number of nitrogens with zero attached hydrogens (tertiary/aromatic N) is 2. The fourth-order valence-corrected chi connectivity index (χ4v) is 2.95. The highest BCUT2D eigenvalue weighted by Crippen LogP contribution is 2.24. The van der Waals surface area contributed by atoms with Crippen LogP contribution in [0.4, 0.5) is 5.82 Å². The number of hydrogen-bond acceptors (Lipinski definition) is 3. The Balaban J connectivity index is 2.22. The molecule has 0 saturated carbocycles. The van der Waals surface area contributed by atoms with E-state index in [0.29, 0.717) is 0 Å². The molecule has 0 radical (unpaired) electrons. The monoisotopic (exact) mass is 383 g/mol. The van der Waals surface area contributed by atoms with Gasteiger partial charge in [0.2, 0.25) is 0 Å². The molecule has 0 aliphatic carbocycles. The summed E-state index contributed by atoms with van der Waals surface area (Å²) in [7, 11) is 0. The molecule has 0 saturated heterocycles. The summed E-state index contributed by atoms with van der Waals surface area (Å²) in [6.45, 7) is 0.741. The molecule has 0 fully saturated rings. The molecule has 0 bridgehead atoms. The van der Waals surface area contributed by atoms with Gasteiger partial charge in [0.1, 0.15) is 5.82 Å². The smallest absolute Gasteiger partial charge is 0.135 e. The maximum Gasteiger partial charge on any atom is 0.135 e. The van der Waals surface area contributed by atoms with Gasteiger partial charge in [0.15, 0.2) is 0 Å². The molecule has 74 valence electrons. The van der Waals surface area contributed by atoms with Gasteiger partial charge in [0.05, 0.1) is 20.1 Å². The van der Waals surface area contributed by atoms with Crippen LogP contribution in [-0.4, -0.2) is 9.78 Å². The van der Waals surface area contributed by atoms with E-state index in [1.165, 1.54) is 4.88 Å². The van der Waals surface area contributed by atoms with Gasteiger partial charge in [-0.3, -0.25) is 0 Å². The van der Waals surface area contributed by atoms with E-state index in [1.54, 1.807) is 22.2 Å². The van der Waals surface area contributed by atoms with Crippen molar-refractivity contribution in [3.63, 3.8) is 0 Å². The lowest BCUT2D eigenvalue weighted by molar-refractivity contribution is 0.705. The molecule has 2 aromatic rings. The van der Waals surface area contributed by atoms with E-state index in [4.69, 9.17) is 5.73 Å². The van der Waals surface area contributed by atoms with Gasteiger partial charge in [-0.2, -0.15) is 5.10 Å². The van der Waals surface area contributed by atoms with Crippen LogP contribution < -0.4 is 5.73 Å². The Bertz CT molecular complexity index is 451. The summed E-state index contributed by atoms with van der Waals surface area (Å²) in [5.41, 5.74) is 5.84. The summed E-state index contributed by atoms with van der Waals surface area (Å²) < 4.78 is 3.94. The third-order valence-corrected chi connectivity index (χ3v) is 4.21. The van der Waals surface area contributed by atoms with Gasteiger partial charge in [-0.25, -0.2) is 4.68 Å². The molecule has 3 nitrogen and oxygen atoms in total. The molecule has 6 heteroatoms. The SMILES string of the molecule is Nc1c(I)cnn1Cc1ccc(Br)s1. The van der Waals surface area contributed by atoms with Gasteiger partial charge >= 0.3 is 0 Å². The number of anilines is 1. The van der Waals surface area contributed by atoms with E-state index in [1.807, 2.05) is 6.07 Å². The lowest BCUT2D eigenvalue weighted by atomic mass is 10.5. The highest BCUT2D eigenvalue weighted by Gasteiger charge is 2.05. The Morgan fingerprint density at radius 3 is 2.86 bits per heavy atom. The first kappa shape index (κ1) is 10.4. The first-order valence-corrected chi connectivity index (χ1v) is 6.56. The minimum atomic E-state index is 0.732. The van der Waals surface area contributed by atoms with E-state index in [-0.39, 0.29) is 0 Å². The Morgan fingerprint density at radius 1 is 1.57 bits per heavy atom. The van der Waals surface area contributed by atoms with Gasteiger partial charge in [0, 0.05) is 4.88 Å². The maximum atomic E-state index is 5.84. The molecule has 14 heavy (non-hydrogen) atoms. The van der Waals surface area contributed by atoms with Gasteiger partial charge in [-0.05, 0) is 50.7 Å². The van der Waals surface area contributed by atoms with Crippen molar-refractivity contribution in [1.82, 2.24) is 9.78 Å². The number of thiophene rings is 1. The molecule has 2 rings (SSSR count). The summed E-state index contributed by atoms with van der Waals surface area (Å²) in [5, 5.41) is 4.20. The molecule has 0 spiro atoms. The Hall–Kier alpha value is -0.0800. The number of aromatic nitrogens is 2. The third-order valence-electron chi connectivity index (χ3n) is 1.77. The van der Waals surface area contributed by atoms with Crippen LogP contribution in [0.5, 0.6) is 0 Å². The van der Waals surface area contributed by atoms with Crippen LogP contribution in [0.25, 0.3) is 0 Å². The average Bonchev–Trinajstić information content (AvgIpc) is 2.67. The quantitative estimate of drug-likeness (QED) is 0.810. The van der Waals surface area contributed by atoms with Crippen LogP contribution >= 0.6 is 49.9 Å². The van der Waals surface area contributed by atoms with Gasteiger partial charge in [0.25, 0.3) is 0 Å². The van der Waals surface area contributed by atoms with Crippen molar-refractivity contribution in [2.45, 2.75) is 6.54 Å². The highest BCUT2D eigenvalue weighted by molar-refractivity contribution is 14.1. The zero-order chi connectivity index (χ0) is 10.1. The zero-order valence-electron chi connectivity index (χ0n) is 7.08. The first-order valence-electron chi connectivity index (χ1n) is 3.88. The van der Waals surface area contributed by atoms with Crippen LogP contribution in [0.1, 0.15) is 4.88 Å². The van der Waals surface area contributed by atoms with Gasteiger partial charge in [-0.1, -0.05) is 0 Å². The van der Waals surface area contributed by atoms with Crippen LogP contribution in [0.2, 0.25) is 0 Å². The molecular weight excluding hydrogens is 377 g/mol. The average molecular weight is 384 g/mol. The van der Waals surface area contributed by atoms with Crippen LogP contribution in [0, 0.1) is 3.57 Å². The molecular formula is C8H7BrIN3S. The normalized spacial score (nSPS) is 10.7. The third kappa shape index (κ3) is 2.12. The highest BCUT2D eigenvalue weighted by atomic mass is 127. The predicted octanol–water partition coefficient (Wildman–Crippen LogP) is 2.94. The van der Waals surface area contributed by atoms with E-state index in [2.05, 4.69) is 49.7 Å². The molecule has 0 aliphatic heterocycles. The Kier molecular flexibility index (Phi) is 3.13. The van der Waals surface area contributed by atoms with Gasteiger partial charge < -0.3 is 5.73 Å². The molecule has 2 aromatic heterocycles. The minimum absolute atomic E-state index is 0.732. The van der Waals surface area contributed by atoms with E-state index < -0.39 is 0 Å². The lowest BCUT2D eigenvalue weighted by Gasteiger charge is -2.00. The predicted molar refractivity (Wildman–Crippen MR) is 70.5 cm³/mol. The van der Waals surface area contributed by atoms with Crippen LogP contribution in [0.15, 0.2) is 22.1 Å². The molecule has 0 amide bonds. The number of halogens is 2. The topological polar surface area (TPSA) is 43.8 Å². The molecule has 0 unspecified atom stereocenters. The summed E-state index contributed by atoms with van der Waals surface area (Å²) >= 11 is 7.30. The van der Waals surface area contributed by atoms with Crippen molar-refractivity contribution in [2.24, 2.45) is 0 Å². The van der Waals surface area contributed by atoms with Crippen molar-refractivity contribution in [3.05, 3.63) is 30.6 Å². The van der Waals surface area contributed by atoms with Crippen molar-refractivity contribution in [3.8, 4) is 0 Å². The number of rotatable bonds is 2. The minimum Gasteiger partial charge on any atom is -0.383 e. The molecule has 0 aromatic carbocycles. The molecule has 0 atom stereocenters. The molecule has 2 N–H and O–H groups in total. The van der Waals surface area contributed by atoms with Crippen molar-refractivity contribution >= 4 is 55.7 Å². The Morgan fingerprint density at radius 2 is 2.36 bits per heavy atom. The van der Waals surface area contributed by atoms with E-state index >= 15 is 0 Å². The fourth-order valence-electron chi connectivity index (χ4n) is 1.08. The summed E-state index contributed by atoms with van der Waals surface area (Å²) in [5.74, 6) is 0.732. The van der Waals surface area contributed by atoms with Crippen molar-refractivity contribution in [2.75, 3.05) is 5.73 Å². The second-order valence-corrected chi connectivity index (χ2v) is 6.45. The second kappa shape index (κ2) is 4.19. The second-order valence-electron chi connectivity index (χ2n) is 2.74. The van der Waals surface area contributed by atoms with Crippen molar-refractivity contribution in [1.29, 1.82) is 0 Å². The largest absolute Gasteiger partial charge is 0.383 e. The standard InChI is InChI=1S/C8H7BrIN3S/c9-7-2-1-5(14-7)4-13-8(11)6(10)3-12-13/h1-3H,4,11H2. The summed E-state index contributed by atoms with van der Waals surface area (Å²) in [6, 6.07) is 4.10. The molecule has 2 heterocycles. The zero-order valence-corrected chi connectivity index (χ0v) is 11.6. The van der Waals surface area contributed by atoms with Crippen LogP contribution in [-0.2, 0) is 6.54 Å². The molecule has 0 aliphatic rings. The number of nitrogens with two attached hydrogens (primary N) is 1. The Labute approximate surface area is 108 Å². The van der Waals surface area contributed by atoms with E-state index in [9.17, 15) is 0 Å². The fraction of sp³-hybridized carbons (Fsp3) is 0.125. The van der Waals surface area contributed by atoms with Gasteiger partial charge in [-0.15, -0.1) is 11.3 Å². The maximum absolute atomic E-state index is 5.84. The summed E-state index contributed by atoms with van der Waals surface area (Å²) in [4.78, 5) is 1.24. The summed E-state index contributed by atoms with van der Waals surface area (Å²) in [6.07, 6.45) is 1.78. The lowest BCUT2D eigenvalue weighted by Crippen LogP contribution is -2.04. The van der Waals surface area contributed by atoms with Crippen LogP contribution in [0.3, 0.4) is 0 Å². The number of nitrogen functional groups attached to an aromatic ring is 1. The van der Waals surface area contributed by atoms with Crippen molar-refractivity contribution < 1.29 is 0 Å². The first-order chi connectivity index (χ1) is 6.66.